The van der Waals surface area contributed by atoms with E-state index in [9.17, 15) is 14.0 Å². The lowest BCUT2D eigenvalue weighted by Crippen LogP contribution is -2.38. The summed E-state index contributed by atoms with van der Waals surface area (Å²) in [5.41, 5.74) is 0.895. The molecule has 0 saturated heterocycles. The Morgan fingerprint density at radius 1 is 0.940 bits per heavy atom. The van der Waals surface area contributed by atoms with Crippen molar-refractivity contribution >= 4 is 57.2 Å². The van der Waals surface area contributed by atoms with Crippen molar-refractivity contribution in [3.63, 3.8) is 0 Å². The summed E-state index contributed by atoms with van der Waals surface area (Å²) < 4.78 is 46.5. The summed E-state index contributed by atoms with van der Waals surface area (Å²) >= 11 is 0. The van der Waals surface area contributed by atoms with Gasteiger partial charge in [-0.25, -0.2) is 24.0 Å². The zero-order valence-electron chi connectivity index (χ0n) is 33.0. The van der Waals surface area contributed by atoms with E-state index in [0.29, 0.717) is 34.8 Å². The van der Waals surface area contributed by atoms with Crippen LogP contribution in [0.4, 0.5) is 27.7 Å². The molecule has 2 aliphatic rings. The molecule has 12 heteroatoms. The Bertz CT molecular complexity index is 2170. The third kappa shape index (κ3) is 7.60. The Morgan fingerprint density at radius 2 is 1.54 bits per heavy atom. The number of imidazole rings is 2. The van der Waals surface area contributed by atoms with Crippen LogP contribution in [0.5, 0.6) is 5.75 Å². The molecule has 2 N–H and O–H groups in total. The number of amides is 2. The van der Waals surface area contributed by atoms with E-state index in [0.717, 1.165) is 43.7 Å². The van der Waals surface area contributed by atoms with E-state index in [1.165, 1.54) is 13.8 Å². The van der Waals surface area contributed by atoms with Gasteiger partial charge >= 0.3 is 0 Å². The number of carbonyl (C=O) groups is 2. The van der Waals surface area contributed by atoms with Gasteiger partial charge in [-0.1, -0.05) is 27.6 Å². The van der Waals surface area contributed by atoms with Crippen LogP contribution in [0.1, 0.15) is 104 Å². The number of rotatable bonds is 7. The number of nitrogens with zero attached hydrogens (tertiary/aromatic N) is 6. The molecule has 4 aromatic rings. The van der Waals surface area contributed by atoms with E-state index >= 15 is 0 Å². The number of aromatic nitrogens is 4. The van der Waals surface area contributed by atoms with Crippen molar-refractivity contribution in [3.05, 3.63) is 52.9 Å². The van der Waals surface area contributed by atoms with Gasteiger partial charge in [0, 0.05) is 28.0 Å². The second-order valence-electron chi connectivity index (χ2n) is 15.7. The number of nitrogens with one attached hydrogen (secondary N) is 2. The maximum atomic E-state index is 14.5. The van der Waals surface area contributed by atoms with Crippen molar-refractivity contribution in [2.45, 2.75) is 111 Å². The smallest absolute Gasteiger partial charge is 0.227 e. The molecule has 0 spiro atoms. The summed E-state index contributed by atoms with van der Waals surface area (Å²) in [4.78, 5) is 40.8. The highest BCUT2D eigenvalue weighted by molar-refractivity contribution is 5.95. The highest BCUT2D eigenvalue weighted by Crippen LogP contribution is 2.48. The molecule has 0 radical (unpaired) electrons. The maximum absolute atomic E-state index is 14.5. The molecule has 0 unspecified atom stereocenters. The molecule has 2 aromatic carbocycles. The first-order valence-electron chi connectivity index (χ1n) is 18.2. The lowest BCUT2D eigenvalue weighted by atomic mass is 9.78. The molecule has 0 atom stereocenters. The van der Waals surface area contributed by atoms with Gasteiger partial charge in [-0.15, -0.1) is 0 Å². The molecule has 0 aliphatic heterocycles. The normalized spacial score (nSPS) is 17.1. The fourth-order valence-electron chi connectivity index (χ4n) is 6.36. The van der Waals surface area contributed by atoms with Crippen molar-refractivity contribution in [3.8, 4) is 5.75 Å². The van der Waals surface area contributed by atoms with Crippen LogP contribution in [0.15, 0.2) is 24.3 Å². The largest absolute Gasteiger partial charge is 0.496 e. The van der Waals surface area contributed by atoms with E-state index in [1.54, 1.807) is 29.9 Å². The number of anilines is 2. The Labute approximate surface area is 297 Å². The first-order valence-corrected chi connectivity index (χ1v) is 16.7. The fourth-order valence-corrected chi connectivity index (χ4v) is 6.36. The lowest BCUT2D eigenvalue weighted by Gasteiger charge is -2.41. The molecule has 0 bridgehead atoms. The predicted molar refractivity (Wildman–Crippen MR) is 194 cm³/mol. The summed E-state index contributed by atoms with van der Waals surface area (Å²) in [6.45, 7) is 25.5. The topological polar surface area (TPSA) is 112 Å². The van der Waals surface area contributed by atoms with Gasteiger partial charge in [0.1, 0.15) is 22.6 Å². The van der Waals surface area contributed by atoms with Gasteiger partial charge in [0.05, 0.1) is 31.3 Å². The summed E-state index contributed by atoms with van der Waals surface area (Å²) in [7, 11) is 1.56. The van der Waals surface area contributed by atoms with Gasteiger partial charge < -0.3 is 13.9 Å². The van der Waals surface area contributed by atoms with Crippen molar-refractivity contribution in [1.29, 1.82) is 0 Å². The molecule has 2 aromatic heterocycles. The highest BCUT2D eigenvalue weighted by Gasteiger charge is 2.40. The first-order chi connectivity index (χ1) is 24.5. The van der Waals surface area contributed by atoms with E-state index in [1.807, 2.05) is 32.3 Å². The highest BCUT2D eigenvalue weighted by atomic mass is 19.1. The van der Waals surface area contributed by atoms with Crippen molar-refractivity contribution < 1.29 is 22.8 Å². The predicted octanol–water partition coefficient (Wildman–Crippen LogP) is 9.48. The maximum Gasteiger partial charge on any atom is 0.227 e. The number of halogens is 1. The van der Waals surface area contributed by atoms with Crippen molar-refractivity contribution in [1.82, 2.24) is 19.1 Å². The number of methoxy groups -OCH3 is 1. The minimum atomic E-state index is -2.29. The Balaban J connectivity index is 0.000000206. The average Bonchev–Trinajstić information content (AvgIpc) is 3.46. The molecular formula is C38H47FN8O3. The lowest BCUT2D eigenvalue weighted by molar-refractivity contribution is -0.118. The molecule has 50 heavy (non-hydrogen) atoms. The third-order valence-electron chi connectivity index (χ3n) is 9.32. The summed E-state index contributed by atoms with van der Waals surface area (Å²) in [6, 6.07) is 6.16. The SMILES string of the molecule is [2H]C([2H])([2H])C(C)(C)CC(=O)Nc1nc2c(F)cc([N+]#[C-])cc2n1C1(C)CCC1.[C-]#[N+]c1cc(OC)c2nc(NC(=O)CC3(C)CC3)n(C(C)(C)C)c2c1. The number of benzene rings is 2. The second-order valence-corrected chi connectivity index (χ2v) is 15.7. The summed E-state index contributed by atoms with van der Waals surface area (Å²) in [6.07, 6.45) is 5.15. The molecule has 2 saturated carbocycles. The first kappa shape index (κ1) is 32.2. The van der Waals surface area contributed by atoms with E-state index in [-0.39, 0.29) is 46.0 Å². The summed E-state index contributed by atoms with van der Waals surface area (Å²) in [5.74, 6) is 0.0815. The van der Waals surface area contributed by atoms with E-state index < -0.39 is 24.0 Å². The van der Waals surface area contributed by atoms with Crippen LogP contribution in [-0.2, 0) is 20.7 Å². The number of carbonyl (C=O) groups excluding carboxylic acids is 2. The molecular weight excluding hydrogens is 635 g/mol. The molecule has 264 valence electrons. The van der Waals surface area contributed by atoms with Crippen LogP contribution in [-0.4, -0.2) is 38.0 Å². The molecule has 2 amide bonds. The minimum absolute atomic E-state index is 0.0230. The molecule has 6 rings (SSSR count). The van der Waals surface area contributed by atoms with Crippen molar-refractivity contribution in [2.75, 3.05) is 17.7 Å². The fraction of sp³-hybridized carbons (Fsp3) is 0.526. The van der Waals surface area contributed by atoms with Crippen LogP contribution < -0.4 is 15.4 Å². The van der Waals surface area contributed by atoms with E-state index in [4.69, 9.17) is 22.0 Å². The van der Waals surface area contributed by atoms with Gasteiger partial charge in [0.15, 0.2) is 11.4 Å². The zero-order valence-corrected chi connectivity index (χ0v) is 30.0. The van der Waals surface area contributed by atoms with Gasteiger partial charge in [-0.2, -0.15) is 0 Å². The van der Waals surface area contributed by atoms with Crippen LogP contribution in [0.3, 0.4) is 0 Å². The van der Waals surface area contributed by atoms with Gasteiger partial charge in [-0.3, -0.25) is 20.2 Å². The summed E-state index contributed by atoms with van der Waals surface area (Å²) in [5, 5.41) is 5.66. The van der Waals surface area contributed by atoms with E-state index in [2.05, 4.69) is 37.2 Å². The minimum Gasteiger partial charge on any atom is -0.496 e. The molecule has 2 aliphatic carbocycles. The van der Waals surface area contributed by atoms with Crippen LogP contribution in [0, 0.1) is 29.8 Å². The average molecular weight is 686 g/mol. The number of ether oxygens (including phenoxy) is 1. The second kappa shape index (κ2) is 13.1. The Morgan fingerprint density at radius 3 is 2.08 bits per heavy atom. The molecule has 2 heterocycles. The van der Waals surface area contributed by atoms with Crippen molar-refractivity contribution in [2.24, 2.45) is 10.8 Å². The number of hydrogen-bond acceptors (Lipinski definition) is 5. The monoisotopic (exact) mass is 685 g/mol. The van der Waals surface area contributed by atoms with Gasteiger partial charge in [0.2, 0.25) is 23.7 Å². The number of hydrogen-bond donors (Lipinski definition) is 2. The van der Waals surface area contributed by atoms with Crippen LogP contribution in [0.25, 0.3) is 31.8 Å². The zero-order chi connectivity index (χ0) is 39.3. The Kier molecular flexibility index (Phi) is 8.42. The quantitative estimate of drug-likeness (QED) is 0.188. The van der Waals surface area contributed by atoms with Gasteiger partial charge in [-0.05, 0) is 94.9 Å². The third-order valence-corrected chi connectivity index (χ3v) is 9.32. The standard InChI is InChI=1S/C19H23FN4O.C19H24N4O2/c1-18(2,3)11-15(25)22-17-23-16-13(20)9-12(21-5)10-14(16)24(17)19(4)7-6-8-19;1-18(2,3)23-13-9-12(20-5)10-14(25-6)16(13)22-17(23)21-15(24)11-19(4)7-8-19/h9-10H,6-8,11H2,1-4H3,(H,22,23,25);9-10H,7-8,11H2,1-4,6H3,(H,21,22,24)/i1D3;. The van der Waals surface area contributed by atoms with Crippen LogP contribution in [0.2, 0.25) is 0 Å². The molecule has 11 nitrogen and oxygen atoms in total. The number of fused-ring (bicyclic) bond motifs is 2. The van der Waals surface area contributed by atoms with Crippen LogP contribution >= 0.6 is 0 Å². The Hall–Kier alpha value is -4.97. The molecule has 2 fully saturated rings. The van der Waals surface area contributed by atoms with Gasteiger partial charge in [0.25, 0.3) is 0 Å².